The first-order valence-electron chi connectivity index (χ1n) is 4.19. The van der Waals surface area contributed by atoms with Gasteiger partial charge in [-0.1, -0.05) is 19.8 Å². The Bertz CT molecular complexity index is 91.7. The molecule has 0 spiro atoms. The van der Waals surface area contributed by atoms with E-state index in [4.69, 9.17) is 14.2 Å². The Balaban J connectivity index is 3.76. The molecule has 0 fully saturated rings. The molecule has 0 aromatic rings. The van der Waals surface area contributed by atoms with E-state index in [2.05, 4.69) is 6.92 Å². The molecule has 0 aliphatic carbocycles. The summed E-state index contributed by atoms with van der Waals surface area (Å²) in [5.74, 6) is -0.852. The Labute approximate surface area is 75.0 Å². The Morgan fingerprint density at radius 1 is 1.00 bits per heavy atom. The Morgan fingerprint density at radius 2 is 1.50 bits per heavy atom. The quantitative estimate of drug-likeness (QED) is 0.437. The highest BCUT2D eigenvalue weighted by atomic mass is 16.9. The first kappa shape index (κ1) is 11.9. The van der Waals surface area contributed by atoms with Crippen LogP contribution in [0.4, 0.5) is 0 Å². The van der Waals surface area contributed by atoms with E-state index >= 15 is 0 Å². The van der Waals surface area contributed by atoms with Gasteiger partial charge < -0.3 is 14.2 Å². The molecule has 0 aliphatic heterocycles. The number of unbranched alkanes of at least 4 members (excludes halogenated alkanes) is 2. The van der Waals surface area contributed by atoms with Crippen molar-refractivity contribution >= 4 is 0 Å². The molecule has 0 rings (SSSR count). The lowest BCUT2D eigenvalue weighted by Crippen LogP contribution is -2.35. The van der Waals surface area contributed by atoms with Crippen molar-refractivity contribution in [2.24, 2.45) is 0 Å². The van der Waals surface area contributed by atoms with E-state index in [0.717, 1.165) is 25.7 Å². The highest BCUT2D eigenvalue weighted by Crippen LogP contribution is 2.20. The first-order chi connectivity index (χ1) is 5.74. The van der Waals surface area contributed by atoms with Crippen LogP contribution in [0.5, 0.6) is 0 Å². The van der Waals surface area contributed by atoms with Crippen LogP contribution in [0.1, 0.15) is 25.7 Å². The summed E-state index contributed by atoms with van der Waals surface area (Å²) in [6.45, 7) is 3.76. The Hall–Kier alpha value is -0.120. The largest absolute Gasteiger partial charge is 0.331 e. The van der Waals surface area contributed by atoms with E-state index in [-0.39, 0.29) is 0 Å². The zero-order valence-electron chi connectivity index (χ0n) is 8.26. The minimum absolute atomic E-state index is 0.742. The van der Waals surface area contributed by atoms with Gasteiger partial charge in [0, 0.05) is 27.8 Å². The third kappa shape index (κ3) is 3.52. The van der Waals surface area contributed by atoms with Crippen LogP contribution in [0.25, 0.3) is 0 Å². The van der Waals surface area contributed by atoms with Gasteiger partial charge in [-0.2, -0.15) is 0 Å². The summed E-state index contributed by atoms with van der Waals surface area (Å²) in [7, 11) is 4.74. The van der Waals surface area contributed by atoms with E-state index in [0.29, 0.717) is 0 Å². The van der Waals surface area contributed by atoms with E-state index in [1.165, 1.54) is 0 Å². The lowest BCUT2D eigenvalue weighted by Gasteiger charge is -2.28. The molecule has 0 saturated heterocycles. The molecule has 73 valence electrons. The number of hydrogen-bond acceptors (Lipinski definition) is 3. The van der Waals surface area contributed by atoms with Crippen molar-refractivity contribution < 1.29 is 14.2 Å². The minimum atomic E-state index is -0.852. The molecule has 0 bridgehead atoms. The van der Waals surface area contributed by atoms with Gasteiger partial charge in [0.25, 0.3) is 5.97 Å². The van der Waals surface area contributed by atoms with Crippen molar-refractivity contribution in [2.75, 3.05) is 21.3 Å². The fourth-order valence-corrected chi connectivity index (χ4v) is 1.07. The summed E-state index contributed by atoms with van der Waals surface area (Å²) in [5, 5.41) is 0. The number of ether oxygens (including phenoxy) is 3. The fourth-order valence-electron chi connectivity index (χ4n) is 1.07. The van der Waals surface area contributed by atoms with Crippen LogP contribution in [0.15, 0.2) is 0 Å². The van der Waals surface area contributed by atoms with Crippen molar-refractivity contribution in [3.05, 3.63) is 6.92 Å². The van der Waals surface area contributed by atoms with Crippen LogP contribution in [0.3, 0.4) is 0 Å². The van der Waals surface area contributed by atoms with Crippen LogP contribution < -0.4 is 0 Å². The van der Waals surface area contributed by atoms with Crippen molar-refractivity contribution in [1.29, 1.82) is 0 Å². The highest BCUT2D eigenvalue weighted by molar-refractivity contribution is 4.56. The standard InChI is InChI=1S/C9H19O3/c1-5-6-7-8-9(10-2,11-3)12-4/h1,5-8H2,2-4H3. The third-order valence-electron chi connectivity index (χ3n) is 1.92. The van der Waals surface area contributed by atoms with E-state index in [1.54, 1.807) is 21.3 Å². The molecule has 0 aromatic carbocycles. The predicted octanol–water partition coefficient (Wildman–Crippen LogP) is 1.97. The maximum absolute atomic E-state index is 5.12. The van der Waals surface area contributed by atoms with Gasteiger partial charge in [-0.3, -0.25) is 0 Å². The van der Waals surface area contributed by atoms with Crippen molar-refractivity contribution in [3.8, 4) is 0 Å². The van der Waals surface area contributed by atoms with Crippen LogP contribution in [0.2, 0.25) is 0 Å². The fraction of sp³-hybridized carbons (Fsp3) is 0.889. The molecule has 0 saturated carbocycles. The molecule has 1 radical (unpaired) electrons. The number of hydrogen-bond donors (Lipinski definition) is 0. The van der Waals surface area contributed by atoms with Crippen LogP contribution >= 0.6 is 0 Å². The van der Waals surface area contributed by atoms with Gasteiger partial charge >= 0.3 is 0 Å². The second-order valence-corrected chi connectivity index (χ2v) is 2.61. The average molecular weight is 175 g/mol. The van der Waals surface area contributed by atoms with Crippen LogP contribution in [-0.4, -0.2) is 27.3 Å². The summed E-state index contributed by atoms with van der Waals surface area (Å²) >= 11 is 0. The van der Waals surface area contributed by atoms with E-state index < -0.39 is 5.97 Å². The average Bonchev–Trinajstić information content (AvgIpc) is 2.14. The lowest BCUT2D eigenvalue weighted by molar-refractivity contribution is -0.355. The predicted molar refractivity (Wildman–Crippen MR) is 47.6 cm³/mol. The SMILES string of the molecule is [CH2]CCCCC(OC)(OC)OC. The molecule has 0 aromatic heterocycles. The van der Waals surface area contributed by atoms with Crippen molar-refractivity contribution in [3.63, 3.8) is 0 Å². The molecular formula is C9H19O3. The molecule has 3 heteroatoms. The maximum atomic E-state index is 5.12. The van der Waals surface area contributed by atoms with Gasteiger partial charge in [-0.15, -0.1) is 0 Å². The normalized spacial score (nSPS) is 12.0. The molecular weight excluding hydrogens is 156 g/mol. The van der Waals surface area contributed by atoms with Crippen molar-refractivity contribution in [1.82, 2.24) is 0 Å². The first-order valence-corrected chi connectivity index (χ1v) is 4.19. The van der Waals surface area contributed by atoms with Crippen LogP contribution in [0, 0.1) is 6.92 Å². The van der Waals surface area contributed by atoms with Gasteiger partial charge in [0.05, 0.1) is 0 Å². The Morgan fingerprint density at radius 3 is 1.83 bits per heavy atom. The molecule has 3 nitrogen and oxygen atoms in total. The molecule has 12 heavy (non-hydrogen) atoms. The highest BCUT2D eigenvalue weighted by Gasteiger charge is 2.28. The zero-order valence-corrected chi connectivity index (χ0v) is 8.26. The van der Waals surface area contributed by atoms with E-state index in [9.17, 15) is 0 Å². The monoisotopic (exact) mass is 175 g/mol. The molecule has 0 heterocycles. The molecule has 0 unspecified atom stereocenters. The molecule has 0 aliphatic rings. The summed E-state index contributed by atoms with van der Waals surface area (Å²) in [6, 6.07) is 0. The van der Waals surface area contributed by atoms with Gasteiger partial charge in [-0.25, -0.2) is 0 Å². The van der Waals surface area contributed by atoms with Crippen molar-refractivity contribution in [2.45, 2.75) is 31.7 Å². The smallest absolute Gasteiger partial charge is 0.282 e. The second kappa shape index (κ2) is 6.40. The molecule has 0 atom stereocenters. The lowest BCUT2D eigenvalue weighted by atomic mass is 10.2. The van der Waals surface area contributed by atoms with Crippen LogP contribution in [-0.2, 0) is 14.2 Å². The maximum Gasteiger partial charge on any atom is 0.282 e. The number of rotatable bonds is 7. The summed E-state index contributed by atoms with van der Waals surface area (Å²) in [6.07, 6.45) is 3.75. The summed E-state index contributed by atoms with van der Waals surface area (Å²) in [5.41, 5.74) is 0. The van der Waals surface area contributed by atoms with Gasteiger partial charge in [0.1, 0.15) is 0 Å². The molecule has 0 amide bonds. The third-order valence-corrected chi connectivity index (χ3v) is 1.92. The summed E-state index contributed by atoms with van der Waals surface area (Å²) < 4.78 is 15.4. The number of methoxy groups -OCH3 is 3. The Kier molecular flexibility index (Phi) is 6.34. The molecule has 0 N–H and O–H groups in total. The van der Waals surface area contributed by atoms with Gasteiger partial charge in [0.2, 0.25) is 0 Å². The second-order valence-electron chi connectivity index (χ2n) is 2.61. The summed E-state index contributed by atoms with van der Waals surface area (Å²) in [4.78, 5) is 0. The van der Waals surface area contributed by atoms with Gasteiger partial charge in [-0.05, 0) is 6.42 Å². The van der Waals surface area contributed by atoms with Gasteiger partial charge in [0.15, 0.2) is 0 Å². The topological polar surface area (TPSA) is 27.7 Å². The zero-order chi connectivity index (χ0) is 9.45. The van der Waals surface area contributed by atoms with E-state index in [1.807, 2.05) is 0 Å². The minimum Gasteiger partial charge on any atom is -0.331 e.